The Bertz CT molecular complexity index is 885. The number of carbonyl (C=O) groups is 1. The van der Waals surface area contributed by atoms with E-state index >= 15 is 0 Å². The number of ether oxygens (including phenoxy) is 1. The highest BCUT2D eigenvalue weighted by molar-refractivity contribution is 5.69. The van der Waals surface area contributed by atoms with Crippen molar-refractivity contribution in [2.45, 2.75) is 6.10 Å². The molecule has 1 N–H and O–H groups in total. The third-order valence-electron chi connectivity index (χ3n) is 3.82. The van der Waals surface area contributed by atoms with Crippen LogP contribution in [-0.2, 0) is 4.74 Å². The molecule has 0 aromatic heterocycles. The molecule has 4 heteroatoms. The van der Waals surface area contributed by atoms with Crippen molar-refractivity contribution in [1.29, 1.82) is 0 Å². The van der Waals surface area contributed by atoms with Gasteiger partial charge in [-0.2, -0.15) is 0 Å². The lowest BCUT2D eigenvalue weighted by atomic mass is 10.1. The van der Waals surface area contributed by atoms with E-state index in [1.165, 1.54) is 12.1 Å². The maximum absolute atomic E-state index is 12.5. The van der Waals surface area contributed by atoms with E-state index in [1.54, 1.807) is 12.1 Å². The van der Waals surface area contributed by atoms with Gasteiger partial charge in [-0.15, -0.1) is 0 Å². The first-order valence-electron chi connectivity index (χ1n) is 8.53. The lowest BCUT2D eigenvalue weighted by molar-refractivity contribution is 0.141. The van der Waals surface area contributed by atoms with Gasteiger partial charge in [-0.05, 0) is 42.0 Å². The largest absolute Gasteiger partial charge is 0.439 e. The Kier molecular flexibility index (Phi) is 6.21. The highest BCUT2D eigenvalue weighted by Gasteiger charge is 2.23. The molecule has 1 amide bonds. The Labute approximate surface area is 157 Å². The maximum Gasteiger partial charge on any atom is 0.407 e. The Morgan fingerprint density at radius 2 is 1.33 bits per heavy atom. The van der Waals surface area contributed by atoms with Gasteiger partial charge in [0.25, 0.3) is 0 Å². The lowest BCUT2D eigenvalue weighted by Gasteiger charge is -2.06. The summed E-state index contributed by atoms with van der Waals surface area (Å²) in [5, 5.41) is 2.53. The third-order valence-corrected chi connectivity index (χ3v) is 3.82. The molecular weight excluding hydrogens is 341 g/mol. The number of hydrogen-bond donors (Lipinski definition) is 1. The molecule has 3 aromatic carbocycles. The number of hydrogen-bond acceptors (Lipinski definition) is 2. The Morgan fingerprint density at radius 3 is 1.78 bits per heavy atom. The average Bonchev–Trinajstić information content (AvgIpc) is 3.15. The SMILES string of the molecule is C(#Cc1ccccc1)c1ccccc1.O=C1NC[C@H](c2ccc(F)cc2)O1. The zero-order valence-electron chi connectivity index (χ0n) is 14.6. The number of cyclic esters (lactones) is 1. The number of alkyl carbamates (subject to hydrolysis) is 1. The molecule has 0 aliphatic carbocycles. The number of nitrogens with one attached hydrogen (secondary N) is 1. The van der Waals surface area contributed by atoms with Crippen molar-refractivity contribution in [2.75, 3.05) is 6.54 Å². The molecule has 0 radical (unpaired) electrons. The van der Waals surface area contributed by atoms with Crippen molar-refractivity contribution in [1.82, 2.24) is 5.32 Å². The molecule has 134 valence electrons. The van der Waals surface area contributed by atoms with Crippen LogP contribution in [0, 0.1) is 17.7 Å². The standard InChI is InChI=1S/C14H10.C9H8FNO2/c1-3-7-13(8-4-1)11-12-14-9-5-2-6-10-14;10-7-3-1-6(2-4-7)8-5-11-9(12)13-8/h1-10H;1-4,8H,5H2,(H,11,12)/t;8-/m.1/s1. The van der Waals surface area contributed by atoms with Crippen LogP contribution >= 0.6 is 0 Å². The number of halogens is 1. The van der Waals surface area contributed by atoms with E-state index in [-0.39, 0.29) is 11.9 Å². The van der Waals surface area contributed by atoms with Crippen LogP contribution in [0.25, 0.3) is 0 Å². The van der Waals surface area contributed by atoms with Crippen LogP contribution in [0.4, 0.5) is 9.18 Å². The zero-order chi connectivity index (χ0) is 18.9. The average molecular weight is 359 g/mol. The number of amides is 1. The van der Waals surface area contributed by atoms with Crippen LogP contribution in [0.1, 0.15) is 22.8 Å². The first-order valence-corrected chi connectivity index (χ1v) is 8.53. The normalized spacial score (nSPS) is 14.7. The molecule has 1 aliphatic heterocycles. The predicted molar refractivity (Wildman–Crippen MR) is 102 cm³/mol. The van der Waals surface area contributed by atoms with Crippen molar-refractivity contribution >= 4 is 6.09 Å². The van der Waals surface area contributed by atoms with Gasteiger partial charge in [-0.3, -0.25) is 0 Å². The molecule has 0 spiro atoms. The van der Waals surface area contributed by atoms with E-state index in [1.807, 2.05) is 60.7 Å². The van der Waals surface area contributed by atoms with Crippen molar-refractivity contribution in [3.63, 3.8) is 0 Å². The van der Waals surface area contributed by atoms with Gasteiger partial charge < -0.3 is 10.1 Å². The summed E-state index contributed by atoms with van der Waals surface area (Å²) in [6.07, 6.45) is -0.706. The summed E-state index contributed by atoms with van der Waals surface area (Å²) in [4.78, 5) is 10.7. The van der Waals surface area contributed by atoms with Crippen molar-refractivity contribution in [2.24, 2.45) is 0 Å². The summed E-state index contributed by atoms with van der Waals surface area (Å²) in [7, 11) is 0. The monoisotopic (exact) mass is 359 g/mol. The second-order valence-electron chi connectivity index (χ2n) is 5.81. The fraction of sp³-hybridized carbons (Fsp3) is 0.0870. The fourth-order valence-electron chi connectivity index (χ4n) is 2.44. The Morgan fingerprint density at radius 1 is 0.815 bits per heavy atom. The summed E-state index contributed by atoms with van der Waals surface area (Å²) in [5.74, 6) is 5.93. The van der Waals surface area contributed by atoms with Crippen LogP contribution in [0.2, 0.25) is 0 Å². The maximum atomic E-state index is 12.5. The van der Waals surface area contributed by atoms with E-state index in [2.05, 4.69) is 17.2 Å². The minimum Gasteiger partial charge on any atom is -0.439 e. The van der Waals surface area contributed by atoms with Gasteiger partial charge in [0.2, 0.25) is 0 Å². The molecule has 0 bridgehead atoms. The molecule has 4 rings (SSSR count). The fourth-order valence-corrected chi connectivity index (χ4v) is 2.44. The van der Waals surface area contributed by atoms with Crippen LogP contribution in [0.15, 0.2) is 84.9 Å². The summed E-state index contributed by atoms with van der Waals surface area (Å²) in [6, 6.07) is 25.9. The summed E-state index contributed by atoms with van der Waals surface area (Å²) >= 11 is 0. The number of benzene rings is 3. The quantitative estimate of drug-likeness (QED) is 0.640. The Balaban J connectivity index is 0.000000156. The van der Waals surface area contributed by atoms with Crippen molar-refractivity contribution in [3.8, 4) is 11.8 Å². The van der Waals surface area contributed by atoms with Crippen LogP contribution in [0.3, 0.4) is 0 Å². The van der Waals surface area contributed by atoms with E-state index in [9.17, 15) is 9.18 Å². The molecule has 1 saturated heterocycles. The van der Waals surface area contributed by atoms with E-state index in [4.69, 9.17) is 4.74 Å². The third kappa shape index (κ3) is 5.72. The topological polar surface area (TPSA) is 38.3 Å². The second-order valence-corrected chi connectivity index (χ2v) is 5.81. The highest BCUT2D eigenvalue weighted by Crippen LogP contribution is 2.20. The minimum atomic E-state index is -0.422. The second kappa shape index (κ2) is 9.21. The molecule has 0 saturated carbocycles. The summed E-state index contributed by atoms with van der Waals surface area (Å²) < 4.78 is 17.4. The van der Waals surface area contributed by atoms with Gasteiger partial charge in [0, 0.05) is 11.1 Å². The smallest absolute Gasteiger partial charge is 0.407 e. The van der Waals surface area contributed by atoms with Gasteiger partial charge in [0.1, 0.15) is 11.9 Å². The molecule has 27 heavy (non-hydrogen) atoms. The van der Waals surface area contributed by atoms with Gasteiger partial charge in [0.15, 0.2) is 0 Å². The predicted octanol–water partition coefficient (Wildman–Crippen LogP) is 4.69. The molecule has 1 atom stereocenters. The van der Waals surface area contributed by atoms with E-state index < -0.39 is 6.09 Å². The molecule has 1 aliphatic rings. The molecule has 0 unspecified atom stereocenters. The molecular formula is C23H18FNO2. The zero-order valence-corrected chi connectivity index (χ0v) is 14.6. The van der Waals surface area contributed by atoms with E-state index in [0.717, 1.165) is 16.7 Å². The molecule has 3 aromatic rings. The van der Waals surface area contributed by atoms with Crippen molar-refractivity contribution in [3.05, 3.63) is 107 Å². The molecule has 1 heterocycles. The van der Waals surface area contributed by atoms with Gasteiger partial charge >= 0.3 is 6.09 Å². The number of rotatable bonds is 1. The molecule has 3 nitrogen and oxygen atoms in total. The highest BCUT2D eigenvalue weighted by atomic mass is 19.1. The Hall–Kier alpha value is -3.58. The summed E-state index contributed by atoms with van der Waals surface area (Å²) in [5.41, 5.74) is 2.91. The van der Waals surface area contributed by atoms with Crippen LogP contribution in [0.5, 0.6) is 0 Å². The lowest BCUT2D eigenvalue weighted by Crippen LogP contribution is -2.12. The van der Waals surface area contributed by atoms with Gasteiger partial charge in [-0.1, -0.05) is 60.4 Å². The summed E-state index contributed by atoms with van der Waals surface area (Å²) in [6.45, 7) is 0.449. The van der Waals surface area contributed by atoms with E-state index in [0.29, 0.717) is 6.54 Å². The first-order chi connectivity index (χ1) is 13.2. The molecule has 1 fully saturated rings. The van der Waals surface area contributed by atoms with Crippen molar-refractivity contribution < 1.29 is 13.9 Å². The van der Waals surface area contributed by atoms with Crippen LogP contribution in [-0.4, -0.2) is 12.6 Å². The first kappa shape index (κ1) is 18.2. The van der Waals surface area contributed by atoms with Gasteiger partial charge in [0.05, 0.1) is 6.54 Å². The minimum absolute atomic E-state index is 0.284. The number of carbonyl (C=O) groups excluding carboxylic acids is 1. The van der Waals surface area contributed by atoms with Crippen LogP contribution < -0.4 is 5.32 Å². The van der Waals surface area contributed by atoms with Gasteiger partial charge in [-0.25, -0.2) is 9.18 Å².